The van der Waals surface area contributed by atoms with Gasteiger partial charge in [-0.1, -0.05) is 25.1 Å². The first-order valence-corrected chi connectivity index (χ1v) is 8.42. The summed E-state index contributed by atoms with van der Waals surface area (Å²) in [4.78, 5) is 1.25. The number of nitrogens with one attached hydrogen (secondary N) is 1. The second-order valence-electron chi connectivity index (χ2n) is 4.53. The molecule has 1 unspecified atom stereocenters. The quantitative estimate of drug-likeness (QED) is 0.739. The van der Waals surface area contributed by atoms with Crippen LogP contribution in [0.2, 0.25) is 0 Å². The van der Waals surface area contributed by atoms with Gasteiger partial charge in [-0.25, -0.2) is 0 Å². The van der Waals surface area contributed by atoms with Crippen molar-refractivity contribution in [1.82, 2.24) is 5.32 Å². The molecule has 2 aromatic heterocycles. The van der Waals surface area contributed by atoms with Crippen molar-refractivity contribution in [2.45, 2.75) is 13.0 Å². The maximum Gasteiger partial charge on any atom is 0.134 e. The van der Waals surface area contributed by atoms with Gasteiger partial charge in [-0.3, -0.25) is 0 Å². The van der Waals surface area contributed by atoms with Crippen molar-refractivity contribution in [3.63, 3.8) is 0 Å². The van der Waals surface area contributed by atoms with E-state index in [2.05, 4.69) is 47.3 Å². The van der Waals surface area contributed by atoms with Crippen molar-refractivity contribution in [1.29, 1.82) is 0 Å². The van der Waals surface area contributed by atoms with Gasteiger partial charge in [0.15, 0.2) is 0 Å². The zero-order valence-electron chi connectivity index (χ0n) is 11.6. The topological polar surface area (TPSA) is 21.3 Å². The van der Waals surface area contributed by atoms with Gasteiger partial charge in [-0.15, -0.1) is 22.7 Å². The Hall–Kier alpha value is -1.36. The minimum atomic E-state index is 0.200. The Morgan fingerprint density at radius 1 is 1.20 bits per heavy atom. The predicted molar refractivity (Wildman–Crippen MR) is 88.2 cm³/mol. The smallest absolute Gasteiger partial charge is 0.134 e. The van der Waals surface area contributed by atoms with Crippen molar-refractivity contribution in [3.8, 4) is 5.75 Å². The summed E-state index contributed by atoms with van der Waals surface area (Å²) in [7, 11) is 1.74. The molecule has 2 heterocycles. The highest BCUT2D eigenvalue weighted by Gasteiger charge is 2.21. The molecule has 3 rings (SSSR count). The molecule has 0 aliphatic rings. The monoisotopic (exact) mass is 303 g/mol. The Morgan fingerprint density at radius 2 is 2.05 bits per heavy atom. The lowest BCUT2D eigenvalue weighted by atomic mass is 10.0. The summed E-state index contributed by atoms with van der Waals surface area (Å²) in [6, 6.07) is 10.8. The number of hydrogen-bond acceptors (Lipinski definition) is 4. The van der Waals surface area contributed by atoms with Crippen molar-refractivity contribution in [3.05, 3.63) is 51.5 Å². The molecule has 1 N–H and O–H groups in total. The van der Waals surface area contributed by atoms with E-state index < -0.39 is 0 Å². The zero-order valence-corrected chi connectivity index (χ0v) is 13.2. The molecule has 0 fully saturated rings. The number of ether oxygens (including phenoxy) is 1. The molecule has 0 amide bonds. The Kier molecular flexibility index (Phi) is 4.05. The second kappa shape index (κ2) is 5.95. The first-order chi connectivity index (χ1) is 9.85. The highest BCUT2D eigenvalue weighted by molar-refractivity contribution is 7.17. The SMILES string of the molecule is CCNC(c1sccc1OC)c1csc2ccccc12. The maximum atomic E-state index is 5.50. The van der Waals surface area contributed by atoms with Gasteiger partial charge in [0.2, 0.25) is 0 Å². The molecule has 0 saturated carbocycles. The number of hydrogen-bond donors (Lipinski definition) is 1. The van der Waals surface area contributed by atoms with Crippen molar-refractivity contribution in [2.24, 2.45) is 0 Å². The molecule has 1 atom stereocenters. The summed E-state index contributed by atoms with van der Waals surface area (Å²) >= 11 is 3.55. The summed E-state index contributed by atoms with van der Waals surface area (Å²) < 4.78 is 6.83. The fourth-order valence-corrected chi connectivity index (χ4v) is 4.40. The molecule has 2 nitrogen and oxygen atoms in total. The van der Waals surface area contributed by atoms with E-state index in [9.17, 15) is 0 Å². The van der Waals surface area contributed by atoms with Gasteiger partial charge >= 0.3 is 0 Å². The Morgan fingerprint density at radius 3 is 2.85 bits per heavy atom. The van der Waals surface area contributed by atoms with E-state index in [1.807, 2.05) is 6.07 Å². The Bertz CT molecular complexity index is 701. The van der Waals surface area contributed by atoms with Gasteiger partial charge in [0, 0.05) is 4.70 Å². The summed E-state index contributed by atoms with van der Waals surface area (Å²) in [5.74, 6) is 0.969. The van der Waals surface area contributed by atoms with Gasteiger partial charge in [0.05, 0.1) is 18.0 Å². The predicted octanol–water partition coefficient (Wildman–Crippen LogP) is 4.67. The second-order valence-corrected chi connectivity index (χ2v) is 6.39. The maximum absolute atomic E-state index is 5.50. The number of benzene rings is 1. The van der Waals surface area contributed by atoms with Crippen LogP contribution in [0.25, 0.3) is 10.1 Å². The molecular formula is C16H17NOS2. The minimum Gasteiger partial charge on any atom is -0.496 e. The van der Waals surface area contributed by atoms with Crippen LogP contribution in [0.3, 0.4) is 0 Å². The van der Waals surface area contributed by atoms with E-state index in [1.165, 1.54) is 20.5 Å². The fourth-order valence-electron chi connectivity index (χ4n) is 2.46. The van der Waals surface area contributed by atoms with Gasteiger partial charge in [-0.2, -0.15) is 0 Å². The molecule has 0 saturated heterocycles. The molecule has 0 aliphatic heterocycles. The van der Waals surface area contributed by atoms with Crippen LogP contribution >= 0.6 is 22.7 Å². The van der Waals surface area contributed by atoms with Crippen LogP contribution in [0.5, 0.6) is 5.75 Å². The van der Waals surface area contributed by atoms with E-state index in [0.717, 1.165) is 12.3 Å². The normalized spacial score (nSPS) is 12.7. The molecule has 0 radical (unpaired) electrons. The summed E-state index contributed by atoms with van der Waals surface area (Å²) in [6.45, 7) is 3.07. The van der Waals surface area contributed by atoms with Gasteiger partial charge in [0.25, 0.3) is 0 Å². The summed E-state index contributed by atoms with van der Waals surface area (Å²) in [5.41, 5.74) is 1.34. The highest BCUT2D eigenvalue weighted by atomic mass is 32.1. The number of methoxy groups -OCH3 is 1. The van der Waals surface area contributed by atoms with Crippen LogP contribution in [-0.4, -0.2) is 13.7 Å². The van der Waals surface area contributed by atoms with Gasteiger partial charge < -0.3 is 10.1 Å². The van der Waals surface area contributed by atoms with Gasteiger partial charge in [-0.05, 0) is 40.4 Å². The third kappa shape index (κ3) is 2.35. The first-order valence-electron chi connectivity index (χ1n) is 6.66. The van der Waals surface area contributed by atoms with Crippen LogP contribution < -0.4 is 10.1 Å². The fraction of sp³-hybridized carbons (Fsp3) is 0.250. The van der Waals surface area contributed by atoms with E-state index in [4.69, 9.17) is 4.74 Å². The van der Waals surface area contributed by atoms with Crippen LogP contribution in [0.15, 0.2) is 41.1 Å². The molecule has 1 aromatic carbocycles. The molecular weight excluding hydrogens is 286 g/mol. The van der Waals surface area contributed by atoms with E-state index in [1.54, 1.807) is 29.8 Å². The van der Waals surface area contributed by atoms with E-state index in [0.29, 0.717) is 0 Å². The lowest BCUT2D eigenvalue weighted by molar-refractivity contribution is 0.408. The first kappa shape index (κ1) is 13.6. The molecule has 0 spiro atoms. The molecule has 20 heavy (non-hydrogen) atoms. The largest absolute Gasteiger partial charge is 0.496 e. The lowest BCUT2D eigenvalue weighted by Crippen LogP contribution is -2.21. The number of fused-ring (bicyclic) bond motifs is 1. The van der Waals surface area contributed by atoms with Gasteiger partial charge in [0.1, 0.15) is 5.75 Å². The van der Waals surface area contributed by atoms with Crippen LogP contribution in [0, 0.1) is 0 Å². The number of rotatable bonds is 5. The lowest BCUT2D eigenvalue weighted by Gasteiger charge is -2.17. The standard InChI is InChI=1S/C16H17NOS2/c1-3-17-15(16-13(18-2)8-9-19-16)12-10-20-14-7-5-4-6-11(12)14/h4-10,15,17H,3H2,1-2H3. The third-order valence-electron chi connectivity index (χ3n) is 3.37. The van der Waals surface area contributed by atoms with Crippen molar-refractivity contribution >= 4 is 32.8 Å². The highest BCUT2D eigenvalue weighted by Crippen LogP contribution is 2.39. The zero-order chi connectivity index (χ0) is 13.9. The van der Waals surface area contributed by atoms with Crippen LogP contribution in [-0.2, 0) is 0 Å². The Balaban J connectivity index is 2.11. The van der Waals surface area contributed by atoms with Crippen molar-refractivity contribution in [2.75, 3.05) is 13.7 Å². The Labute approximate surface area is 127 Å². The molecule has 4 heteroatoms. The average Bonchev–Trinajstić information content (AvgIpc) is 3.11. The molecule has 0 aliphatic carbocycles. The molecule has 0 bridgehead atoms. The average molecular weight is 303 g/mol. The summed E-state index contributed by atoms with van der Waals surface area (Å²) in [5, 5.41) is 9.28. The molecule has 3 aromatic rings. The number of thiophene rings is 2. The third-order valence-corrected chi connectivity index (χ3v) is 5.31. The summed E-state index contributed by atoms with van der Waals surface area (Å²) in [6.07, 6.45) is 0. The minimum absolute atomic E-state index is 0.200. The van der Waals surface area contributed by atoms with E-state index in [-0.39, 0.29) is 6.04 Å². The van der Waals surface area contributed by atoms with Crippen LogP contribution in [0.1, 0.15) is 23.4 Å². The van der Waals surface area contributed by atoms with E-state index >= 15 is 0 Å². The van der Waals surface area contributed by atoms with Crippen molar-refractivity contribution < 1.29 is 4.74 Å². The van der Waals surface area contributed by atoms with Crippen LogP contribution in [0.4, 0.5) is 0 Å². The molecule has 104 valence electrons.